The van der Waals surface area contributed by atoms with Crippen LogP contribution in [0.4, 0.5) is 0 Å². The first kappa shape index (κ1) is 12.9. The molecule has 0 radical (unpaired) electrons. The lowest BCUT2D eigenvalue weighted by atomic mass is 10.2. The summed E-state index contributed by atoms with van der Waals surface area (Å²) in [6.07, 6.45) is 4.55. The summed E-state index contributed by atoms with van der Waals surface area (Å²) < 4.78 is 0. The number of carboxylic acids is 1. The van der Waals surface area contributed by atoms with Gasteiger partial charge in [0.15, 0.2) is 0 Å². The van der Waals surface area contributed by atoms with E-state index >= 15 is 0 Å². The maximum absolute atomic E-state index is 12.3. The number of aromatic amines is 1. The van der Waals surface area contributed by atoms with Gasteiger partial charge in [0.1, 0.15) is 11.7 Å². The second kappa shape index (κ2) is 5.43. The highest BCUT2D eigenvalue weighted by atomic mass is 32.2. The van der Waals surface area contributed by atoms with Crippen molar-refractivity contribution in [3.05, 3.63) is 18.2 Å². The Hall–Kier alpha value is -1.50. The zero-order valence-electron chi connectivity index (χ0n) is 10.00. The number of aromatic nitrogens is 2. The lowest BCUT2D eigenvalue weighted by Crippen LogP contribution is -2.45. The number of carboxylic acid groups (broad SMARTS) is 1. The standard InChI is InChI=1S/C11H15N3O3S/c1-2-3-9-14(8(5-18-9)11(16)17)10(15)7-4-12-6-13-7/h4,6,8-9H,2-3,5H2,1H3,(H,12,13)(H,16,17). The quantitative estimate of drug-likeness (QED) is 0.857. The minimum atomic E-state index is -0.950. The normalized spacial score (nSPS) is 23.3. The smallest absolute Gasteiger partial charge is 0.327 e. The molecule has 0 aliphatic carbocycles. The number of imidazole rings is 1. The molecule has 2 N–H and O–H groups in total. The Morgan fingerprint density at radius 2 is 2.44 bits per heavy atom. The number of nitrogens with zero attached hydrogens (tertiary/aromatic N) is 2. The van der Waals surface area contributed by atoms with E-state index in [1.807, 2.05) is 6.92 Å². The summed E-state index contributed by atoms with van der Waals surface area (Å²) in [5, 5.41) is 9.12. The summed E-state index contributed by atoms with van der Waals surface area (Å²) in [5.41, 5.74) is 0.338. The Bertz CT molecular complexity index is 435. The number of H-pyrrole nitrogens is 1. The van der Waals surface area contributed by atoms with E-state index in [4.69, 9.17) is 0 Å². The molecule has 1 fully saturated rings. The van der Waals surface area contributed by atoms with Gasteiger partial charge in [-0.05, 0) is 6.42 Å². The number of aliphatic carboxylic acids is 1. The molecule has 6 nitrogen and oxygen atoms in total. The van der Waals surface area contributed by atoms with Gasteiger partial charge in [0.2, 0.25) is 0 Å². The molecule has 0 aromatic carbocycles. The fraction of sp³-hybridized carbons (Fsp3) is 0.545. The van der Waals surface area contributed by atoms with E-state index in [1.165, 1.54) is 29.2 Å². The molecule has 2 atom stereocenters. The predicted molar refractivity (Wildman–Crippen MR) is 67.3 cm³/mol. The Labute approximate surface area is 109 Å². The van der Waals surface area contributed by atoms with Crippen molar-refractivity contribution in [1.29, 1.82) is 0 Å². The van der Waals surface area contributed by atoms with Crippen molar-refractivity contribution >= 4 is 23.6 Å². The Morgan fingerprint density at radius 1 is 1.67 bits per heavy atom. The molecule has 1 saturated heterocycles. The number of carbonyl (C=O) groups excluding carboxylic acids is 1. The fourth-order valence-corrected chi connectivity index (χ4v) is 3.52. The number of carbonyl (C=O) groups is 2. The fourth-order valence-electron chi connectivity index (χ4n) is 2.01. The molecular weight excluding hydrogens is 254 g/mol. The van der Waals surface area contributed by atoms with Crippen LogP contribution >= 0.6 is 11.8 Å². The van der Waals surface area contributed by atoms with Crippen molar-refractivity contribution in [3.8, 4) is 0 Å². The summed E-state index contributed by atoms with van der Waals surface area (Å²) in [7, 11) is 0. The molecule has 18 heavy (non-hydrogen) atoms. The van der Waals surface area contributed by atoms with E-state index in [0.29, 0.717) is 11.4 Å². The maximum Gasteiger partial charge on any atom is 0.327 e. The van der Waals surface area contributed by atoms with Gasteiger partial charge in [0, 0.05) is 5.75 Å². The van der Waals surface area contributed by atoms with Crippen LogP contribution in [0.3, 0.4) is 0 Å². The number of hydrogen-bond donors (Lipinski definition) is 2. The monoisotopic (exact) mass is 269 g/mol. The SMILES string of the molecule is CCCC1SCC(C(=O)O)N1C(=O)c1cnc[nH]1. The number of thioether (sulfide) groups is 1. The molecule has 2 rings (SSSR count). The van der Waals surface area contributed by atoms with Crippen molar-refractivity contribution in [2.75, 3.05) is 5.75 Å². The highest BCUT2D eigenvalue weighted by Crippen LogP contribution is 2.33. The second-order valence-electron chi connectivity index (χ2n) is 4.11. The van der Waals surface area contributed by atoms with Gasteiger partial charge in [0.25, 0.3) is 5.91 Å². The molecule has 0 spiro atoms. The van der Waals surface area contributed by atoms with Crippen LogP contribution in [0.15, 0.2) is 12.5 Å². The summed E-state index contributed by atoms with van der Waals surface area (Å²) in [6.45, 7) is 2.02. The van der Waals surface area contributed by atoms with Crippen molar-refractivity contribution in [2.24, 2.45) is 0 Å². The molecule has 0 bridgehead atoms. The highest BCUT2D eigenvalue weighted by molar-refractivity contribution is 8.00. The third-order valence-electron chi connectivity index (χ3n) is 2.88. The molecule has 1 aromatic heterocycles. The van der Waals surface area contributed by atoms with Gasteiger partial charge in [-0.15, -0.1) is 11.8 Å². The summed E-state index contributed by atoms with van der Waals surface area (Å²) in [6, 6.07) is -0.748. The lowest BCUT2D eigenvalue weighted by Gasteiger charge is -2.26. The molecular formula is C11H15N3O3S. The van der Waals surface area contributed by atoms with Crippen molar-refractivity contribution in [1.82, 2.24) is 14.9 Å². The summed E-state index contributed by atoms with van der Waals surface area (Å²) >= 11 is 1.53. The first-order valence-electron chi connectivity index (χ1n) is 5.80. The zero-order chi connectivity index (χ0) is 13.1. The number of amides is 1. The van der Waals surface area contributed by atoms with Gasteiger partial charge in [-0.1, -0.05) is 13.3 Å². The van der Waals surface area contributed by atoms with Gasteiger partial charge in [-0.3, -0.25) is 4.79 Å². The van der Waals surface area contributed by atoms with E-state index in [-0.39, 0.29) is 11.3 Å². The molecule has 1 aliphatic heterocycles. The molecule has 1 aromatic rings. The summed E-state index contributed by atoms with van der Waals surface area (Å²) in [4.78, 5) is 31.5. The van der Waals surface area contributed by atoms with E-state index in [2.05, 4.69) is 9.97 Å². The molecule has 0 saturated carbocycles. The minimum Gasteiger partial charge on any atom is -0.480 e. The van der Waals surface area contributed by atoms with Crippen LogP contribution in [0.25, 0.3) is 0 Å². The lowest BCUT2D eigenvalue weighted by molar-refractivity contribution is -0.141. The molecule has 1 aliphatic rings. The third kappa shape index (κ3) is 2.35. The highest BCUT2D eigenvalue weighted by Gasteiger charge is 2.41. The van der Waals surface area contributed by atoms with Gasteiger partial charge >= 0.3 is 5.97 Å². The first-order valence-corrected chi connectivity index (χ1v) is 6.85. The van der Waals surface area contributed by atoms with Crippen molar-refractivity contribution in [2.45, 2.75) is 31.2 Å². The maximum atomic E-state index is 12.3. The van der Waals surface area contributed by atoms with Gasteiger partial charge in [0.05, 0.1) is 17.9 Å². The zero-order valence-corrected chi connectivity index (χ0v) is 10.8. The largest absolute Gasteiger partial charge is 0.480 e. The Balaban J connectivity index is 2.23. The van der Waals surface area contributed by atoms with Crippen LogP contribution in [-0.4, -0.2) is 49.0 Å². The second-order valence-corrected chi connectivity index (χ2v) is 5.32. The van der Waals surface area contributed by atoms with Gasteiger partial charge in [-0.25, -0.2) is 9.78 Å². The van der Waals surface area contributed by atoms with Gasteiger partial charge < -0.3 is 15.0 Å². The van der Waals surface area contributed by atoms with Crippen LogP contribution in [0.1, 0.15) is 30.3 Å². The average molecular weight is 269 g/mol. The van der Waals surface area contributed by atoms with E-state index in [1.54, 1.807) is 0 Å². The Morgan fingerprint density at radius 3 is 3.00 bits per heavy atom. The van der Waals surface area contributed by atoms with E-state index < -0.39 is 12.0 Å². The van der Waals surface area contributed by atoms with Crippen LogP contribution in [-0.2, 0) is 4.79 Å². The van der Waals surface area contributed by atoms with Gasteiger partial charge in [-0.2, -0.15) is 0 Å². The molecule has 2 heterocycles. The predicted octanol–water partition coefficient (Wildman–Crippen LogP) is 1.18. The average Bonchev–Trinajstić information content (AvgIpc) is 2.97. The first-order chi connectivity index (χ1) is 8.65. The van der Waals surface area contributed by atoms with Crippen molar-refractivity contribution in [3.63, 3.8) is 0 Å². The molecule has 98 valence electrons. The van der Waals surface area contributed by atoms with Crippen LogP contribution in [0.5, 0.6) is 0 Å². The van der Waals surface area contributed by atoms with E-state index in [0.717, 1.165) is 12.8 Å². The van der Waals surface area contributed by atoms with Crippen LogP contribution in [0.2, 0.25) is 0 Å². The number of hydrogen-bond acceptors (Lipinski definition) is 4. The van der Waals surface area contributed by atoms with Crippen LogP contribution in [0, 0.1) is 0 Å². The Kier molecular flexibility index (Phi) is 3.90. The number of rotatable bonds is 4. The van der Waals surface area contributed by atoms with Crippen molar-refractivity contribution < 1.29 is 14.7 Å². The minimum absolute atomic E-state index is 0.0631. The number of nitrogens with one attached hydrogen (secondary N) is 1. The topological polar surface area (TPSA) is 86.3 Å². The third-order valence-corrected chi connectivity index (χ3v) is 4.23. The summed E-state index contributed by atoms with van der Waals surface area (Å²) in [5.74, 6) is -0.794. The van der Waals surface area contributed by atoms with E-state index in [9.17, 15) is 14.7 Å². The molecule has 7 heteroatoms. The van der Waals surface area contributed by atoms with Crippen LogP contribution < -0.4 is 0 Å². The molecule has 1 amide bonds. The molecule has 2 unspecified atom stereocenters.